The fourth-order valence-corrected chi connectivity index (χ4v) is 2.46. The molecule has 4 unspecified atom stereocenters. The van der Waals surface area contributed by atoms with Crippen LogP contribution in [0.3, 0.4) is 0 Å². The third-order valence-corrected chi connectivity index (χ3v) is 3.22. The van der Waals surface area contributed by atoms with Crippen LogP contribution in [0.5, 0.6) is 0 Å². The van der Waals surface area contributed by atoms with Gasteiger partial charge < -0.3 is 15.7 Å². The van der Waals surface area contributed by atoms with Crippen LogP contribution in [-0.2, 0) is 30.7 Å². The van der Waals surface area contributed by atoms with Gasteiger partial charge >= 0.3 is 5.97 Å². The molecule has 1 aliphatic carbocycles. The largest absolute Gasteiger partial charge is 0.674 e. The van der Waals surface area contributed by atoms with Crippen LogP contribution in [-0.4, -0.2) is 28.9 Å². The zero-order valence-corrected chi connectivity index (χ0v) is 12.1. The molecule has 6 heteroatoms. The monoisotopic (exact) mass is 395 g/mol. The molecular weight excluding hydrogens is 380 g/mol. The summed E-state index contributed by atoms with van der Waals surface area (Å²) in [5.41, 5.74) is 8.73. The number of oxime groups is 1. The maximum Gasteiger partial charge on any atom is 0.310 e. The minimum atomic E-state index is -0.875. The number of nitrogens with zero attached hydrogens (tertiary/aromatic N) is 1. The molecule has 0 radical (unpaired) electrons. The molecule has 1 heterocycles. The van der Waals surface area contributed by atoms with Crippen molar-refractivity contribution in [3.05, 3.63) is 5.73 Å². The first-order valence-corrected chi connectivity index (χ1v) is 5.20. The summed E-state index contributed by atoms with van der Waals surface area (Å²) in [4.78, 5) is 16.1. The number of rotatable bonds is 2. The van der Waals surface area contributed by atoms with Crippen molar-refractivity contribution in [2.24, 2.45) is 22.9 Å². The Labute approximate surface area is 109 Å². The number of nitrogens with one attached hydrogen (secondary N) is 1. The maximum atomic E-state index is 11.0. The predicted octanol–water partition coefficient (Wildman–Crippen LogP) is 1.54. The van der Waals surface area contributed by atoms with Crippen molar-refractivity contribution in [2.75, 3.05) is 0 Å². The number of aliphatic carboxylic acids is 1. The third-order valence-electron chi connectivity index (χ3n) is 3.22. The van der Waals surface area contributed by atoms with E-state index in [2.05, 4.69) is 5.16 Å². The van der Waals surface area contributed by atoms with Crippen LogP contribution >= 0.6 is 0 Å². The molecule has 0 saturated heterocycles. The number of hydrogen-bond donors (Lipinski definition) is 1. The molecule has 0 bridgehead atoms. The Morgan fingerprint density at radius 3 is 2.75 bits per heavy atom. The summed E-state index contributed by atoms with van der Waals surface area (Å²) in [6.07, 6.45) is -0.0430. The van der Waals surface area contributed by atoms with Crippen molar-refractivity contribution >= 4 is 11.7 Å². The summed E-state index contributed by atoms with van der Waals surface area (Å²) in [5, 5.41) is 12.9. The van der Waals surface area contributed by atoms with Crippen LogP contribution in [0.4, 0.5) is 0 Å². The van der Waals surface area contributed by atoms with Gasteiger partial charge in [0.15, 0.2) is 0 Å². The van der Waals surface area contributed by atoms with Gasteiger partial charge in [0.1, 0.15) is 6.10 Å². The van der Waals surface area contributed by atoms with Gasteiger partial charge in [0, 0.05) is 27.0 Å². The SMILES string of the molecule is CC(C)C1=NOC2C(C(=O)O)CC([NH-])C12.[W]. The second-order valence-electron chi connectivity index (χ2n) is 4.55. The Morgan fingerprint density at radius 2 is 2.25 bits per heavy atom. The summed E-state index contributed by atoms with van der Waals surface area (Å²) in [5.74, 6) is -1.34. The summed E-state index contributed by atoms with van der Waals surface area (Å²) in [6.45, 7) is 3.98. The molecule has 2 N–H and O–H groups in total. The Hall–Kier alpha value is -0.412. The molecule has 90 valence electrons. The molecule has 2 rings (SSSR count). The second-order valence-corrected chi connectivity index (χ2v) is 4.55. The minimum absolute atomic E-state index is 0. The third kappa shape index (κ3) is 2.03. The van der Waals surface area contributed by atoms with Gasteiger partial charge in [0.25, 0.3) is 0 Å². The van der Waals surface area contributed by atoms with E-state index in [1.807, 2.05) is 13.8 Å². The van der Waals surface area contributed by atoms with Crippen LogP contribution < -0.4 is 0 Å². The Balaban J connectivity index is 0.00000128. The summed E-state index contributed by atoms with van der Waals surface area (Å²) >= 11 is 0. The Bertz CT molecular complexity index is 319. The zero-order chi connectivity index (χ0) is 11.2. The molecule has 2 aliphatic rings. The van der Waals surface area contributed by atoms with E-state index in [1.54, 1.807) is 0 Å². The Morgan fingerprint density at radius 1 is 1.62 bits per heavy atom. The molecule has 0 aromatic carbocycles. The predicted molar refractivity (Wildman–Crippen MR) is 54.5 cm³/mol. The van der Waals surface area contributed by atoms with Gasteiger partial charge in [0.2, 0.25) is 0 Å². The van der Waals surface area contributed by atoms with Crippen molar-refractivity contribution in [1.82, 2.24) is 0 Å². The quantitative estimate of drug-likeness (QED) is 0.770. The molecule has 4 atom stereocenters. The number of fused-ring (bicyclic) bond motifs is 1. The molecular formula is C10H15N2O3W-. The normalized spacial score (nSPS) is 36.4. The van der Waals surface area contributed by atoms with Crippen LogP contribution in [0.2, 0.25) is 0 Å². The van der Waals surface area contributed by atoms with Gasteiger partial charge in [-0.25, -0.2) is 0 Å². The first-order chi connectivity index (χ1) is 7.02. The average molecular weight is 395 g/mol. The standard InChI is InChI=1S/C10H15N2O3.W/c1-4(2)8-7-6(11)3-5(10(13)14)9(7)15-12-8;/h4-7,9,11H,3H2,1-2H3,(H,13,14);/q-1;. The molecule has 0 amide bonds. The van der Waals surface area contributed by atoms with Crippen LogP contribution in [0.1, 0.15) is 20.3 Å². The molecule has 1 fully saturated rings. The summed E-state index contributed by atoms with van der Waals surface area (Å²) < 4.78 is 0. The number of carbonyl (C=O) groups is 1. The van der Waals surface area contributed by atoms with E-state index in [0.717, 1.165) is 5.71 Å². The van der Waals surface area contributed by atoms with Crippen molar-refractivity contribution in [2.45, 2.75) is 32.4 Å². The van der Waals surface area contributed by atoms with Gasteiger partial charge in [-0.3, -0.25) is 4.79 Å². The van der Waals surface area contributed by atoms with Crippen molar-refractivity contribution in [3.63, 3.8) is 0 Å². The zero-order valence-electron chi connectivity index (χ0n) is 9.21. The molecule has 1 saturated carbocycles. The van der Waals surface area contributed by atoms with E-state index in [0.29, 0.717) is 6.42 Å². The fraction of sp³-hybridized carbons (Fsp3) is 0.800. The molecule has 5 nitrogen and oxygen atoms in total. The van der Waals surface area contributed by atoms with Gasteiger partial charge in [0.05, 0.1) is 11.6 Å². The van der Waals surface area contributed by atoms with E-state index in [1.165, 1.54) is 0 Å². The van der Waals surface area contributed by atoms with E-state index >= 15 is 0 Å². The van der Waals surface area contributed by atoms with Crippen LogP contribution in [0, 0.1) is 17.8 Å². The molecule has 16 heavy (non-hydrogen) atoms. The Kier molecular flexibility index (Phi) is 4.13. The van der Waals surface area contributed by atoms with E-state index in [-0.39, 0.29) is 38.9 Å². The van der Waals surface area contributed by atoms with E-state index < -0.39 is 18.0 Å². The van der Waals surface area contributed by atoms with E-state index in [4.69, 9.17) is 15.7 Å². The smallest absolute Gasteiger partial charge is 0.310 e. The number of carboxylic acid groups (broad SMARTS) is 1. The van der Waals surface area contributed by atoms with Gasteiger partial charge in [-0.15, -0.1) is 6.04 Å². The first-order valence-electron chi connectivity index (χ1n) is 5.20. The van der Waals surface area contributed by atoms with Crippen molar-refractivity contribution < 1.29 is 35.8 Å². The van der Waals surface area contributed by atoms with Crippen molar-refractivity contribution in [3.8, 4) is 0 Å². The fourth-order valence-electron chi connectivity index (χ4n) is 2.46. The average Bonchev–Trinajstić information content (AvgIpc) is 2.66. The molecule has 0 aromatic rings. The number of carboxylic acids is 1. The second kappa shape index (κ2) is 4.84. The molecule has 1 aliphatic heterocycles. The summed E-state index contributed by atoms with van der Waals surface area (Å²) in [6, 6.07) is -0.389. The van der Waals surface area contributed by atoms with Gasteiger partial charge in [-0.1, -0.05) is 25.4 Å². The molecule has 0 aromatic heterocycles. The topological polar surface area (TPSA) is 82.7 Å². The number of hydrogen-bond acceptors (Lipinski definition) is 3. The summed E-state index contributed by atoms with van der Waals surface area (Å²) in [7, 11) is 0. The van der Waals surface area contributed by atoms with Crippen LogP contribution in [0.25, 0.3) is 5.73 Å². The van der Waals surface area contributed by atoms with Gasteiger partial charge in [-0.05, 0) is 5.92 Å². The maximum absolute atomic E-state index is 11.0. The van der Waals surface area contributed by atoms with Gasteiger partial charge in [-0.2, -0.15) is 0 Å². The van der Waals surface area contributed by atoms with E-state index in [9.17, 15) is 4.79 Å². The van der Waals surface area contributed by atoms with Crippen molar-refractivity contribution in [1.29, 1.82) is 0 Å². The van der Waals surface area contributed by atoms with Crippen LogP contribution in [0.15, 0.2) is 5.16 Å². The first kappa shape index (κ1) is 13.7. The minimum Gasteiger partial charge on any atom is -0.674 e. The molecule has 0 spiro atoms.